The first-order valence-electron chi connectivity index (χ1n) is 11.6. The number of anilines is 1. The molecule has 2 heterocycles. The summed E-state index contributed by atoms with van der Waals surface area (Å²) in [6, 6.07) is 20.1. The second-order valence-corrected chi connectivity index (χ2v) is 10.4. The van der Waals surface area contributed by atoms with E-state index >= 15 is 0 Å². The van der Waals surface area contributed by atoms with E-state index in [1.807, 2.05) is 54.7 Å². The topological polar surface area (TPSA) is 91.5 Å². The van der Waals surface area contributed by atoms with Gasteiger partial charge in [-0.05, 0) is 60.7 Å². The van der Waals surface area contributed by atoms with E-state index in [0.29, 0.717) is 25.2 Å². The lowest BCUT2D eigenvalue weighted by molar-refractivity contribution is 0.0954. The van der Waals surface area contributed by atoms with Crippen molar-refractivity contribution in [2.75, 3.05) is 24.5 Å². The number of ether oxygens (including phenoxy) is 1. The van der Waals surface area contributed by atoms with Gasteiger partial charge in [0.15, 0.2) is 0 Å². The summed E-state index contributed by atoms with van der Waals surface area (Å²) < 4.78 is 34.2. The number of rotatable bonds is 7. The Kier molecular flexibility index (Phi) is 6.21. The molecule has 3 aromatic carbocycles. The Labute approximate surface area is 204 Å². The van der Waals surface area contributed by atoms with E-state index in [4.69, 9.17) is 4.74 Å². The number of nitrogens with zero attached hydrogens (tertiary/aromatic N) is 1. The first-order chi connectivity index (χ1) is 17.0. The van der Waals surface area contributed by atoms with Crippen LogP contribution in [0.2, 0.25) is 0 Å². The molecule has 1 amide bonds. The van der Waals surface area contributed by atoms with Crippen molar-refractivity contribution >= 4 is 32.5 Å². The lowest BCUT2D eigenvalue weighted by atomic mass is 10.0. The van der Waals surface area contributed by atoms with Crippen molar-refractivity contribution in [3.8, 4) is 5.75 Å². The molecule has 8 heteroatoms. The van der Waals surface area contributed by atoms with Crippen molar-refractivity contribution in [3.63, 3.8) is 0 Å². The largest absolute Gasteiger partial charge is 0.495 e. The highest BCUT2D eigenvalue weighted by Gasteiger charge is 2.32. The summed E-state index contributed by atoms with van der Waals surface area (Å²) in [6.45, 7) is 0.803. The third-order valence-corrected chi connectivity index (χ3v) is 8.25. The smallest absolute Gasteiger partial charge is 0.268 e. The van der Waals surface area contributed by atoms with Gasteiger partial charge in [0.25, 0.3) is 15.9 Å². The number of H-pyrrole nitrogens is 1. The summed E-state index contributed by atoms with van der Waals surface area (Å²) in [4.78, 5) is 16.1. The molecule has 5 rings (SSSR count). The number of para-hydroxylation sites is 2. The van der Waals surface area contributed by atoms with Crippen LogP contribution < -0.4 is 14.4 Å². The summed E-state index contributed by atoms with van der Waals surface area (Å²) in [5.74, 6) is -0.119. The number of aryl methyl sites for hydroxylation is 1. The third-order valence-electron chi connectivity index (χ3n) is 6.42. The monoisotopic (exact) mass is 489 g/mol. The molecular formula is C27H27N3O4S. The number of sulfonamides is 1. The Balaban J connectivity index is 1.37. The maximum Gasteiger partial charge on any atom is 0.268 e. The zero-order valence-corrected chi connectivity index (χ0v) is 20.3. The van der Waals surface area contributed by atoms with Gasteiger partial charge in [-0.3, -0.25) is 9.10 Å². The van der Waals surface area contributed by atoms with Gasteiger partial charge in [0.2, 0.25) is 0 Å². The number of methoxy groups -OCH3 is 1. The number of aromatic amines is 1. The van der Waals surface area contributed by atoms with Crippen LogP contribution in [0.4, 0.5) is 5.69 Å². The lowest BCUT2D eigenvalue weighted by Gasteiger charge is -2.31. The zero-order valence-electron chi connectivity index (χ0n) is 19.5. The molecule has 1 aromatic heterocycles. The van der Waals surface area contributed by atoms with E-state index in [2.05, 4.69) is 10.3 Å². The van der Waals surface area contributed by atoms with Crippen LogP contribution in [-0.4, -0.2) is 39.5 Å². The quantitative estimate of drug-likeness (QED) is 0.405. The molecule has 0 bridgehead atoms. The number of amides is 1. The van der Waals surface area contributed by atoms with Crippen LogP contribution in [0.15, 0.2) is 77.8 Å². The number of fused-ring (bicyclic) bond motifs is 2. The summed E-state index contributed by atoms with van der Waals surface area (Å²) in [6.07, 6.45) is 4.16. The fourth-order valence-electron chi connectivity index (χ4n) is 4.64. The molecule has 0 aliphatic carbocycles. The maximum absolute atomic E-state index is 13.7. The van der Waals surface area contributed by atoms with Crippen molar-refractivity contribution in [2.24, 2.45) is 0 Å². The number of carbonyl (C=O) groups is 1. The number of nitrogens with one attached hydrogen (secondary N) is 2. The Bertz CT molecular complexity index is 1490. The summed E-state index contributed by atoms with van der Waals surface area (Å²) in [5, 5.41) is 4.04. The molecule has 0 unspecified atom stereocenters. The van der Waals surface area contributed by atoms with Gasteiger partial charge in [0.1, 0.15) is 10.6 Å². The van der Waals surface area contributed by atoms with Gasteiger partial charge in [-0.25, -0.2) is 8.42 Å². The molecular weight excluding hydrogens is 462 g/mol. The molecule has 1 aliphatic rings. The Morgan fingerprint density at radius 2 is 1.89 bits per heavy atom. The first kappa shape index (κ1) is 23.0. The summed E-state index contributed by atoms with van der Waals surface area (Å²) >= 11 is 0. The number of aromatic nitrogens is 1. The molecule has 1 aliphatic heterocycles. The van der Waals surface area contributed by atoms with Crippen LogP contribution in [0, 0.1) is 0 Å². The molecule has 35 heavy (non-hydrogen) atoms. The fraction of sp³-hybridized carbons (Fsp3) is 0.222. The third kappa shape index (κ3) is 4.37. The number of carbonyl (C=O) groups excluding carboxylic acids is 1. The van der Waals surface area contributed by atoms with E-state index in [-0.39, 0.29) is 22.1 Å². The van der Waals surface area contributed by atoms with Crippen molar-refractivity contribution in [1.29, 1.82) is 0 Å². The van der Waals surface area contributed by atoms with Crippen LogP contribution >= 0.6 is 0 Å². The predicted octanol–water partition coefficient (Wildman–Crippen LogP) is 4.29. The molecule has 7 nitrogen and oxygen atoms in total. The van der Waals surface area contributed by atoms with Gasteiger partial charge < -0.3 is 15.0 Å². The number of benzene rings is 3. The maximum atomic E-state index is 13.7. The average molecular weight is 490 g/mol. The van der Waals surface area contributed by atoms with Gasteiger partial charge in [0.05, 0.1) is 12.8 Å². The minimum absolute atomic E-state index is 0.0130. The highest BCUT2D eigenvalue weighted by molar-refractivity contribution is 7.93. The van der Waals surface area contributed by atoms with Gasteiger partial charge in [-0.2, -0.15) is 0 Å². The van der Waals surface area contributed by atoms with E-state index in [1.54, 1.807) is 6.07 Å². The normalized spacial score (nSPS) is 13.5. The van der Waals surface area contributed by atoms with E-state index < -0.39 is 10.0 Å². The van der Waals surface area contributed by atoms with Crippen LogP contribution in [0.25, 0.3) is 10.9 Å². The van der Waals surface area contributed by atoms with Crippen molar-refractivity contribution < 1.29 is 17.9 Å². The number of hydrogen-bond donors (Lipinski definition) is 2. The lowest BCUT2D eigenvalue weighted by Crippen LogP contribution is -2.36. The van der Waals surface area contributed by atoms with Crippen molar-refractivity contribution in [3.05, 3.63) is 89.6 Å². The van der Waals surface area contributed by atoms with E-state index in [1.165, 1.54) is 23.5 Å². The van der Waals surface area contributed by atoms with Crippen LogP contribution in [-0.2, 0) is 22.9 Å². The predicted molar refractivity (Wildman–Crippen MR) is 137 cm³/mol. The highest BCUT2D eigenvalue weighted by atomic mass is 32.2. The zero-order chi connectivity index (χ0) is 24.4. The SMILES string of the molecule is COc1ccc(C(=O)NCCc2c[nH]c3ccccc23)cc1S(=O)(=O)N1CCCc2ccccc21. The minimum atomic E-state index is -3.93. The van der Waals surface area contributed by atoms with Gasteiger partial charge in [0, 0.05) is 35.8 Å². The second kappa shape index (κ2) is 9.46. The average Bonchev–Trinajstić information content (AvgIpc) is 3.31. The molecule has 0 atom stereocenters. The number of hydrogen-bond acceptors (Lipinski definition) is 4. The molecule has 180 valence electrons. The van der Waals surface area contributed by atoms with Crippen LogP contribution in [0.5, 0.6) is 5.75 Å². The van der Waals surface area contributed by atoms with Crippen LogP contribution in [0.1, 0.15) is 27.9 Å². The molecule has 0 fully saturated rings. The Morgan fingerprint density at radius 3 is 2.74 bits per heavy atom. The summed E-state index contributed by atoms with van der Waals surface area (Å²) in [7, 11) is -2.50. The first-order valence-corrected chi connectivity index (χ1v) is 13.0. The minimum Gasteiger partial charge on any atom is -0.495 e. The van der Waals surface area contributed by atoms with Gasteiger partial charge in [-0.15, -0.1) is 0 Å². The Hall–Kier alpha value is -3.78. The molecule has 0 saturated carbocycles. The fourth-order valence-corrected chi connectivity index (χ4v) is 6.36. The molecule has 0 radical (unpaired) electrons. The standard InChI is InChI=1S/C27H27N3O4S/c1-34-25-13-12-20(27(31)28-15-14-21-18-29-23-10-4-3-9-22(21)23)17-26(25)35(32,33)30-16-6-8-19-7-2-5-11-24(19)30/h2-5,7,9-13,17-18,29H,6,8,14-16H2,1H3,(H,28,31). The van der Waals surface area contributed by atoms with E-state index in [9.17, 15) is 13.2 Å². The molecule has 0 spiro atoms. The Morgan fingerprint density at radius 1 is 1.09 bits per heavy atom. The highest BCUT2D eigenvalue weighted by Crippen LogP contribution is 2.35. The molecule has 4 aromatic rings. The van der Waals surface area contributed by atoms with Gasteiger partial charge >= 0.3 is 0 Å². The van der Waals surface area contributed by atoms with Gasteiger partial charge in [-0.1, -0.05) is 36.4 Å². The van der Waals surface area contributed by atoms with Crippen molar-refractivity contribution in [1.82, 2.24) is 10.3 Å². The van der Waals surface area contributed by atoms with Crippen molar-refractivity contribution in [2.45, 2.75) is 24.2 Å². The van der Waals surface area contributed by atoms with Crippen LogP contribution in [0.3, 0.4) is 0 Å². The second-order valence-electron chi connectivity index (χ2n) is 8.54. The van der Waals surface area contributed by atoms with E-state index in [0.717, 1.165) is 34.9 Å². The summed E-state index contributed by atoms with van der Waals surface area (Å²) in [5.41, 5.74) is 4.11. The molecule has 2 N–H and O–H groups in total. The molecule has 0 saturated heterocycles.